The molecule has 1 heteroatoms. The summed E-state index contributed by atoms with van der Waals surface area (Å²) in [6.45, 7) is 15.4. The maximum atomic E-state index is 3.67. The fraction of sp³-hybridized carbons (Fsp3) is 1.00. The summed E-state index contributed by atoms with van der Waals surface area (Å²) in [5, 5.41) is 3.67. The molecular formula is C18H37N. The lowest BCUT2D eigenvalue weighted by Crippen LogP contribution is -2.38. The molecule has 2 unspecified atom stereocenters. The van der Waals surface area contributed by atoms with Crippen molar-refractivity contribution in [2.75, 3.05) is 6.54 Å². The van der Waals surface area contributed by atoms with Crippen molar-refractivity contribution >= 4 is 0 Å². The van der Waals surface area contributed by atoms with Crippen LogP contribution in [0, 0.1) is 23.2 Å². The largest absolute Gasteiger partial charge is 0.314 e. The zero-order valence-corrected chi connectivity index (χ0v) is 14.3. The molecule has 0 radical (unpaired) electrons. The van der Waals surface area contributed by atoms with Crippen LogP contribution >= 0.6 is 0 Å². The minimum atomic E-state index is 0.580. The minimum absolute atomic E-state index is 0.580. The highest BCUT2D eigenvalue weighted by Crippen LogP contribution is 2.43. The van der Waals surface area contributed by atoms with E-state index >= 15 is 0 Å². The van der Waals surface area contributed by atoms with E-state index in [0.717, 1.165) is 17.8 Å². The molecule has 1 N–H and O–H groups in total. The van der Waals surface area contributed by atoms with E-state index in [-0.39, 0.29) is 0 Å². The molecular weight excluding hydrogens is 230 g/mol. The molecule has 1 aliphatic carbocycles. The second-order valence-corrected chi connectivity index (χ2v) is 8.31. The first-order valence-electron chi connectivity index (χ1n) is 8.53. The minimum Gasteiger partial charge on any atom is -0.314 e. The van der Waals surface area contributed by atoms with Crippen LogP contribution in [-0.4, -0.2) is 12.6 Å². The van der Waals surface area contributed by atoms with Gasteiger partial charge in [0.2, 0.25) is 0 Å². The molecule has 1 nitrogen and oxygen atoms in total. The first-order chi connectivity index (χ1) is 8.80. The molecule has 114 valence electrons. The number of hydrogen-bond acceptors (Lipinski definition) is 1. The van der Waals surface area contributed by atoms with Crippen LogP contribution in [0.15, 0.2) is 0 Å². The summed E-state index contributed by atoms with van der Waals surface area (Å²) in [5.41, 5.74) is 0.580. The molecule has 0 aromatic carbocycles. The van der Waals surface area contributed by atoms with Crippen molar-refractivity contribution in [2.45, 2.75) is 86.1 Å². The van der Waals surface area contributed by atoms with Crippen LogP contribution in [0.1, 0.15) is 80.1 Å². The first-order valence-corrected chi connectivity index (χ1v) is 8.53. The third kappa shape index (κ3) is 6.79. The molecule has 0 aliphatic heterocycles. The molecule has 0 spiro atoms. The van der Waals surface area contributed by atoms with Gasteiger partial charge in [0.25, 0.3) is 0 Å². The molecule has 0 amide bonds. The van der Waals surface area contributed by atoms with Gasteiger partial charge in [0.1, 0.15) is 0 Å². The summed E-state index contributed by atoms with van der Waals surface area (Å²) in [6, 6.07) is 0.631. The fourth-order valence-electron chi connectivity index (χ4n) is 3.57. The Balaban J connectivity index is 2.46. The van der Waals surface area contributed by atoms with Crippen molar-refractivity contribution in [3.8, 4) is 0 Å². The van der Waals surface area contributed by atoms with Gasteiger partial charge in [-0.25, -0.2) is 0 Å². The molecule has 19 heavy (non-hydrogen) atoms. The average Bonchev–Trinajstić information content (AvgIpc) is 2.26. The maximum Gasteiger partial charge on any atom is 0.00104 e. The van der Waals surface area contributed by atoms with Gasteiger partial charge in [-0.2, -0.15) is 0 Å². The molecule has 1 rings (SSSR count). The van der Waals surface area contributed by atoms with Crippen LogP contribution in [0.2, 0.25) is 0 Å². The van der Waals surface area contributed by atoms with E-state index in [1.54, 1.807) is 0 Å². The van der Waals surface area contributed by atoms with E-state index in [4.69, 9.17) is 0 Å². The Morgan fingerprint density at radius 1 is 1.11 bits per heavy atom. The van der Waals surface area contributed by atoms with Gasteiger partial charge in [-0.15, -0.1) is 0 Å². The normalized spacial score (nSPS) is 27.2. The van der Waals surface area contributed by atoms with E-state index in [2.05, 4.69) is 46.9 Å². The van der Waals surface area contributed by atoms with Crippen molar-refractivity contribution in [2.24, 2.45) is 23.2 Å². The van der Waals surface area contributed by atoms with Crippen LogP contribution in [0.3, 0.4) is 0 Å². The zero-order chi connectivity index (χ0) is 14.5. The standard InChI is InChI=1S/C18H37N/c1-14(2)8-7-9-16-12-18(5,6)11-10-17(16)13-19-15(3)4/h14-17,19H,7-13H2,1-6H3. The third-order valence-corrected chi connectivity index (χ3v) is 4.82. The van der Waals surface area contributed by atoms with Crippen LogP contribution in [-0.2, 0) is 0 Å². The number of nitrogens with one attached hydrogen (secondary N) is 1. The van der Waals surface area contributed by atoms with E-state index in [1.807, 2.05) is 0 Å². The van der Waals surface area contributed by atoms with Crippen LogP contribution in [0.25, 0.3) is 0 Å². The lowest BCUT2D eigenvalue weighted by atomic mass is 9.65. The average molecular weight is 268 g/mol. The summed E-state index contributed by atoms with van der Waals surface area (Å²) < 4.78 is 0. The highest BCUT2D eigenvalue weighted by Gasteiger charge is 2.34. The van der Waals surface area contributed by atoms with E-state index in [9.17, 15) is 0 Å². The Kier molecular flexibility index (Phi) is 6.86. The molecule has 0 aromatic rings. The highest BCUT2D eigenvalue weighted by molar-refractivity contribution is 4.86. The summed E-state index contributed by atoms with van der Waals surface area (Å²) in [4.78, 5) is 0. The molecule has 0 bridgehead atoms. The van der Waals surface area contributed by atoms with Gasteiger partial charge in [-0.05, 0) is 49.0 Å². The molecule has 2 atom stereocenters. The smallest absolute Gasteiger partial charge is 0.00104 e. The lowest BCUT2D eigenvalue weighted by molar-refractivity contribution is 0.106. The van der Waals surface area contributed by atoms with Gasteiger partial charge >= 0.3 is 0 Å². The van der Waals surface area contributed by atoms with Gasteiger partial charge in [-0.3, -0.25) is 0 Å². The first kappa shape index (κ1) is 17.0. The Morgan fingerprint density at radius 3 is 2.37 bits per heavy atom. The van der Waals surface area contributed by atoms with Gasteiger partial charge in [0.15, 0.2) is 0 Å². The lowest BCUT2D eigenvalue weighted by Gasteiger charge is -2.41. The molecule has 1 aliphatic rings. The predicted molar refractivity (Wildman–Crippen MR) is 86.4 cm³/mol. The summed E-state index contributed by atoms with van der Waals surface area (Å²) >= 11 is 0. The predicted octanol–water partition coefficient (Wildman–Crippen LogP) is 5.25. The second-order valence-electron chi connectivity index (χ2n) is 8.31. The van der Waals surface area contributed by atoms with E-state index in [0.29, 0.717) is 11.5 Å². The Bertz CT molecular complexity index is 240. The van der Waals surface area contributed by atoms with Crippen LogP contribution in [0.5, 0.6) is 0 Å². The van der Waals surface area contributed by atoms with Gasteiger partial charge in [0.05, 0.1) is 0 Å². The van der Waals surface area contributed by atoms with Gasteiger partial charge < -0.3 is 5.32 Å². The molecule has 1 fully saturated rings. The Labute approximate surface area is 121 Å². The topological polar surface area (TPSA) is 12.0 Å². The van der Waals surface area contributed by atoms with E-state index in [1.165, 1.54) is 45.1 Å². The van der Waals surface area contributed by atoms with Crippen LogP contribution in [0.4, 0.5) is 0 Å². The van der Waals surface area contributed by atoms with Crippen molar-refractivity contribution in [1.82, 2.24) is 5.32 Å². The molecule has 0 heterocycles. The third-order valence-electron chi connectivity index (χ3n) is 4.82. The highest BCUT2D eigenvalue weighted by atomic mass is 14.9. The maximum absolute atomic E-state index is 3.67. The summed E-state index contributed by atoms with van der Waals surface area (Å²) in [6.07, 6.45) is 8.57. The summed E-state index contributed by atoms with van der Waals surface area (Å²) in [5.74, 6) is 2.74. The quantitative estimate of drug-likeness (QED) is 0.664. The SMILES string of the molecule is CC(C)CCCC1CC(C)(C)CCC1CNC(C)C. The summed E-state index contributed by atoms with van der Waals surface area (Å²) in [7, 11) is 0. The number of hydrogen-bond donors (Lipinski definition) is 1. The molecule has 0 aromatic heterocycles. The Morgan fingerprint density at radius 2 is 1.79 bits per heavy atom. The van der Waals surface area contributed by atoms with Crippen molar-refractivity contribution in [1.29, 1.82) is 0 Å². The monoisotopic (exact) mass is 267 g/mol. The van der Waals surface area contributed by atoms with E-state index < -0.39 is 0 Å². The number of rotatable bonds is 7. The van der Waals surface area contributed by atoms with Crippen molar-refractivity contribution < 1.29 is 0 Å². The van der Waals surface area contributed by atoms with Crippen molar-refractivity contribution in [3.05, 3.63) is 0 Å². The fourth-order valence-corrected chi connectivity index (χ4v) is 3.57. The van der Waals surface area contributed by atoms with Crippen LogP contribution < -0.4 is 5.32 Å². The molecule has 1 saturated carbocycles. The zero-order valence-electron chi connectivity index (χ0n) is 14.3. The second kappa shape index (κ2) is 7.67. The molecule has 0 saturated heterocycles. The Hall–Kier alpha value is -0.0400. The van der Waals surface area contributed by atoms with Gasteiger partial charge in [0, 0.05) is 6.04 Å². The van der Waals surface area contributed by atoms with Gasteiger partial charge in [-0.1, -0.05) is 60.8 Å². The van der Waals surface area contributed by atoms with Crippen molar-refractivity contribution in [3.63, 3.8) is 0 Å².